The van der Waals surface area contributed by atoms with Gasteiger partial charge in [-0.05, 0) is 38.8 Å². The number of amides is 1. The van der Waals surface area contributed by atoms with Crippen LogP contribution in [0, 0.1) is 6.92 Å². The molecule has 16 heavy (non-hydrogen) atoms. The van der Waals surface area contributed by atoms with Gasteiger partial charge in [0.1, 0.15) is 0 Å². The fourth-order valence-corrected chi connectivity index (χ4v) is 1.55. The first kappa shape index (κ1) is 13.0. The minimum Gasteiger partial charge on any atom is -0.352 e. The molecule has 0 spiro atoms. The normalized spacial score (nSPS) is 12.2. The summed E-state index contributed by atoms with van der Waals surface area (Å²) in [4.78, 5) is 11.7. The molecule has 3 heteroatoms. The Morgan fingerprint density at radius 2 is 2.00 bits per heavy atom. The number of hydrogen-bond acceptors (Lipinski definition) is 1. The number of carbonyl (C=O) groups excluding carboxylic acids is 1. The molecule has 1 N–H and O–H groups in total. The Hall–Kier alpha value is -1.02. The molecule has 1 aromatic rings. The molecular formula is C13H18ClNO. The Kier molecular flexibility index (Phi) is 5.33. The number of alkyl halides is 1. The van der Waals surface area contributed by atoms with Gasteiger partial charge in [-0.25, -0.2) is 0 Å². The van der Waals surface area contributed by atoms with E-state index >= 15 is 0 Å². The Bertz CT molecular complexity index is 332. The third kappa shape index (κ3) is 4.67. The van der Waals surface area contributed by atoms with Gasteiger partial charge < -0.3 is 5.32 Å². The fourth-order valence-electron chi connectivity index (χ4n) is 1.39. The molecule has 1 rings (SSSR count). The van der Waals surface area contributed by atoms with E-state index in [4.69, 9.17) is 11.6 Å². The van der Waals surface area contributed by atoms with Gasteiger partial charge in [0.05, 0.1) is 0 Å². The summed E-state index contributed by atoms with van der Waals surface area (Å²) in [7, 11) is 0. The average molecular weight is 240 g/mol. The van der Waals surface area contributed by atoms with E-state index in [0.717, 1.165) is 18.4 Å². The summed E-state index contributed by atoms with van der Waals surface area (Å²) in [6, 6.07) is 7.56. The molecule has 0 aliphatic rings. The van der Waals surface area contributed by atoms with Crippen molar-refractivity contribution in [2.45, 2.75) is 32.1 Å². The Morgan fingerprint density at radius 1 is 1.38 bits per heavy atom. The molecule has 1 aromatic carbocycles. The predicted octanol–water partition coefficient (Wildman–Crippen LogP) is 3.13. The van der Waals surface area contributed by atoms with Gasteiger partial charge >= 0.3 is 0 Å². The zero-order valence-electron chi connectivity index (χ0n) is 9.79. The van der Waals surface area contributed by atoms with Gasteiger partial charge in [0.2, 0.25) is 0 Å². The lowest BCUT2D eigenvalue weighted by atomic mass is 10.1. The van der Waals surface area contributed by atoms with E-state index in [9.17, 15) is 4.79 Å². The van der Waals surface area contributed by atoms with Gasteiger partial charge in [0, 0.05) is 17.5 Å². The number of hydrogen-bond donors (Lipinski definition) is 1. The minimum atomic E-state index is -0.0118. The highest BCUT2D eigenvalue weighted by Crippen LogP contribution is 2.04. The highest BCUT2D eigenvalue weighted by molar-refractivity contribution is 6.20. The molecule has 0 aromatic heterocycles. The smallest absolute Gasteiger partial charge is 0.251 e. The molecule has 0 aliphatic heterocycles. The number of rotatable bonds is 5. The minimum absolute atomic E-state index is 0.0118. The summed E-state index contributed by atoms with van der Waals surface area (Å²) >= 11 is 5.81. The molecule has 0 fully saturated rings. The van der Waals surface area contributed by atoms with Crippen LogP contribution in [0.5, 0.6) is 0 Å². The molecule has 1 atom stereocenters. The van der Waals surface area contributed by atoms with Crippen LogP contribution in [0.2, 0.25) is 0 Å². The maximum Gasteiger partial charge on any atom is 0.251 e. The SMILES string of the molecule is Cc1ccc(C(=O)NCCCC(C)Cl)cc1. The van der Waals surface area contributed by atoms with Crippen molar-refractivity contribution in [3.8, 4) is 0 Å². The summed E-state index contributed by atoms with van der Waals surface area (Å²) in [5.74, 6) is -0.0118. The van der Waals surface area contributed by atoms with Crippen molar-refractivity contribution in [1.82, 2.24) is 5.32 Å². The van der Waals surface area contributed by atoms with Gasteiger partial charge in [-0.2, -0.15) is 0 Å². The second-order valence-corrected chi connectivity index (χ2v) is 4.79. The van der Waals surface area contributed by atoms with Crippen LogP contribution in [0.25, 0.3) is 0 Å². The molecule has 88 valence electrons. The van der Waals surface area contributed by atoms with Gasteiger partial charge in [-0.3, -0.25) is 4.79 Å². The van der Waals surface area contributed by atoms with Crippen LogP contribution in [0.3, 0.4) is 0 Å². The zero-order chi connectivity index (χ0) is 12.0. The van der Waals surface area contributed by atoms with Crippen LogP contribution in [0.4, 0.5) is 0 Å². The quantitative estimate of drug-likeness (QED) is 0.621. The van der Waals surface area contributed by atoms with E-state index in [1.807, 2.05) is 38.1 Å². The van der Waals surface area contributed by atoms with Crippen LogP contribution in [0.15, 0.2) is 24.3 Å². The van der Waals surface area contributed by atoms with Crippen LogP contribution >= 0.6 is 11.6 Å². The molecule has 0 saturated heterocycles. The maximum absolute atomic E-state index is 11.7. The van der Waals surface area contributed by atoms with E-state index in [-0.39, 0.29) is 11.3 Å². The topological polar surface area (TPSA) is 29.1 Å². The number of carbonyl (C=O) groups is 1. The molecular weight excluding hydrogens is 222 g/mol. The monoisotopic (exact) mass is 239 g/mol. The summed E-state index contributed by atoms with van der Waals surface area (Å²) in [6.45, 7) is 4.65. The van der Waals surface area contributed by atoms with E-state index in [1.54, 1.807) is 0 Å². The molecule has 1 unspecified atom stereocenters. The first-order chi connectivity index (χ1) is 7.59. The third-order valence-electron chi connectivity index (χ3n) is 2.38. The number of halogens is 1. The Balaban J connectivity index is 2.32. The third-order valence-corrected chi connectivity index (χ3v) is 2.60. The van der Waals surface area contributed by atoms with Crippen molar-refractivity contribution >= 4 is 17.5 Å². The highest BCUT2D eigenvalue weighted by atomic mass is 35.5. The summed E-state index contributed by atoms with van der Waals surface area (Å²) in [6.07, 6.45) is 1.85. The van der Waals surface area contributed by atoms with Gasteiger partial charge in [0.25, 0.3) is 5.91 Å². The van der Waals surface area contributed by atoms with E-state index in [2.05, 4.69) is 5.32 Å². The second kappa shape index (κ2) is 6.54. The lowest BCUT2D eigenvalue weighted by Crippen LogP contribution is -2.24. The van der Waals surface area contributed by atoms with Gasteiger partial charge in [-0.1, -0.05) is 17.7 Å². The van der Waals surface area contributed by atoms with Gasteiger partial charge in [-0.15, -0.1) is 11.6 Å². The largest absolute Gasteiger partial charge is 0.352 e. The molecule has 0 bridgehead atoms. The predicted molar refractivity (Wildman–Crippen MR) is 68.1 cm³/mol. The van der Waals surface area contributed by atoms with Crippen LogP contribution < -0.4 is 5.32 Å². The lowest BCUT2D eigenvalue weighted by molar-refractivity contribution is 0.0953. The maximum atomic E-state index is 11.7. The van der Waals surface area contributed by atoms with Crippen LogP contribution in [0.1, 0.15) is 35.7 Å². The summed E-state index contributed by atoms with van der Waals surface area (Å²) < 4.78 is 0. The van der Waals surface area contributed by atoms with E-state index < -0.39 is 0 Å². The first-order valence-corrected chi connectivity index (χ1v) is 6.02. The van der Waals surface area contributed by atoms with Crippen molar-refractivity contribution in [3.63, 3.8) is 0 Å². The first-order valence-electron chi connectivity index (χ1n) is 5.58. The van der Waals surface area contributed by atoms with Gasteiger partial charge in [0.15, 0.2) is 0 Å². The van der Waals surface area contributed by atoms with Crippen molar-refractivity contribution < 1.29 is 4.79 Å². The molecule has 2 nitrogen and oxygen atoms in total. The fraction of sp³-hybridized carbons (Fsp3) is 0.462. The average Bonchev–Trinajstić information content (AvgIpc) is 2.25. The van der Waals surface area contributed by atoms with Crippen molar-refractivity contribution in [2.75, 3.05) is 6.54 Å². The lowest BCUT2D eigenvalue weighted by Gasteiger charge is -2.06. The summed E-state index contributed by atoms with van der Waals surface area (Å²) in [5.41, 5.74) is 1.87. The number of aryl methyl sites for hydroxylation is 1. The summed E-state index contributed by atoms with van der Waals surface area (Å²) in [5, 5.41) is 3.05. The second-order valence-electron chi connectivity index (χ2n) is 4.04. The highest BCUT2D eigenvalue weighted by Gasteiger charge is 2.04. The van der Waals surface area contributed by atoms with Crippen molar-refractivity contribution in [1.29, 1.82) is 0 Å². The van der Waals surface area contributed by atoms with E-state index in [0.29, 0.717) is 12.1 Å². The molecule has 1 amide bonds. The number of nitrogens with one attached hydrogen (secondary N) is 1. The van der Waals surface area contributed by atoms with Crippen molar-refractivity contribution in [2.24, 2.45) is 0 Å². The molecule has 0 radical (unpaired) electrons. The Labute approximate surface area is 102 Å². The molecule has 0 heterocycles. The molecule has 0 saturated carbocycles. The number of benzene rings is 1. The zero-order valence-corrected chi connectivity index (χ0v) is 10.6. The Morgan fingerprint density at radius 3 is 2.56 bits per heavy atom. The standard InChI is InChI=1S/C13H18ClNO/c1-10-5-7-12(8-6-10)13(16)15-9-3-4-11(2)14/h5-8,11H,3-4,9H2,1-2H3,(H,15,16). The van der Waals surface area contributed by atoms with E-state index in [1.165, 1.54) is 0 Å². The molecule has 0 aliphatic carbocycles. The van der Waals surface area contributed by atoms with Crippen LogP contribution in [-0.2, 0) is 0 Å². The van der Waals surface area contributed by atoms with Crippen LogP contribution in [-0.4, -0.2) is 17.8 Å². The van der Waals surface area contributed by atoms with Crippen molar-refractivity contribution in [3.05, 3.63) is 35.4 Å².